The fourth-order valence-electron chi connectivity index (χ4n) is 6.98. The minimum absolute atomic E-state index is 0.377. The maximum absolute atomic E-state index is 6.45. The van der Waals surface area contributed by atoms with Gasteiger partial charge in [0.2, 0.25) is 0 Å². The second-order valence-electron chi connectivity index (χ2n) is 13.3. The summed E-state index contributed by atoms with van der Waals surface area (Å²) in [6, 6.07) is 43.0. The average molecular weight is 554 g/mol. The molecule has 0 N–H and O–H groups in total. The monoisotopic (exact) mass is 554 g/mol. The summed E-state index contributed by atoms with van der Waals surface area (Å²) in [6.45, 7) is 8.44. The Kier molecular flexibility index (Phi) is 5.00. The van der Waals surface area contributed by atoms with E-state index >= 15 is 0 Å². The van der Waals surface area contributed by atoms with Crippen LogP contribution in [0.25, 0.3) is 75.4 Å². The van der Waals surface area contributed by atoms with E-state index in [0.29, 0.717) is 0 Å². The smallest absolute Gasteiger partial charge is 0.399 e. The Bertz CT molecular complexity index is 2460. The van der Waals surface area contributed by atoms with Crippen molar-refractivity contribution in [3.05, 3.63) is 115 Å². The van der Waals surface area contributed by atoms with Crippen LogP contribution in [0.1, 0.15) is 27.7 Å². The molecule has 9 rings (SSSR count). The summed E-state index contributed by atoms with van der Waals surface area (Å²) >= 11 is 0. The molecule has 206 valence electrons. The van der Waals surface area contributed by atoms with Crippen LogP contribution < -0.4 is 5.46 Å². The normalized spacial score (nSPS) is 16.5. The maximum Gasteiger partial charge on any atom is 0.495 e. The Hall–Kier alpha value is -4.44. The first kappa shape index (κ1) is 25.1. The molecule has 0 aromatic heterocycles. The van der Waals surface area contributed by atoms with Gasteiger partial charge in [-0.15, -0.1) is 0 Å². The van der Waals surface area contributed by atoms with Gasteiger partial charge in [-0.05, 0) is 169 Å². The molecule has 0 bridgehead atoms. The van der Waals surface area contributed by atoms with E-state index in [0.717, 1.165) is 5.46 Å². The van der Waals surface area contributed by atoms with Gasteiger partial charge in [0.25, 0.3) is 0 Å². The fourth-order valence-corrected chi connectivity index (χ4v) is 6.98. The Morgan fingerprint density at radius 1 is 0.372 bits per heavy atom. The summed E-state index contributed by atoms with van der Waals surface area (Å²) in [5.74, 6) is 0. The molecule has 0 amide bonds. The first-order valence-corrected chi connectivity index (χ1v) is 15.2. The lowest BCUT2D eigenvalue weighted by atomic mass is 9.75. The molecular formula is C40H31BO2. The summed E-state index contributed by atoms with van der Waals surface area (Å²) in [5, 5.41) is 17.6. The van der Waals surface area contributed by atoms with Gasteiger partial charge in [0, 0.05) is 0 Å². The van der Waals surface area contributed by atoms with E-state index in [2.05, 4.69) is 143 Å². The molecule has 8 aromatic carbocycles. The molecule has 0 saturated carbocycles. The molecule has 3 heteroatoms. The van der Waals surface area contributed by atoms with Crippen LogP contribution in [0.15, 0.2) is 115 Å². The van der Waals surface area contributed by atoms with Crippen molar-refractivity contribution in [3.63, 3.8) is 0 Å². The van der Waals surface area contributed by atoms with Crippen molar-refractivity contribution < 1.29 is 9.31 Å². The number of hydrogen-bond donors (Lipinski definition) is 0. The van der Waals surface area contributed by atoms with Gasteiger partial charge in [0.05, 0.1) is 11.2 Å². The number of hydrogen-bond acceptors (Lipinski definition) is 2. The van der Waals surface area contributed by atoms with Crippen molar-refractivity contribution in [1.82, 2.24) is 0 Å². The third kappa shape index (κ3) is 3.75. The Labute approximate surface area is 251 Å². The molecule has 0 atom stereocenters. The van der Waals surface area contributed by atoms with Crippen LogP contribution in [0.2, 0.25) is 0 Å². The lowest BCUT2D eigenvalue weighted by Gasteiger charge is -2.32. The van der Waals surface area contributed by atoms with Gasteiger partial charge in [-0.2, -0.15) is 0 Å². The highest BCUT2D eigenvalue weighted by Gasteiger charge is 2.52. The largest absolute Gasteiger partial charge is 0.495 e. The second-order valence-corrected chi connectivity index (χ2v) is 13.3. The second kappa shape index (κ2) is 8.57. The van der Waals surface area contributed by atoms with Crippen molar-refractivity contribution in [1.29, 1.82) is 0 Å². The first-order chi connectivity index (χ1) is 20.7. The van der Waals surface area contributed by atoms with Gasteiger partial charge in [0.1, 0.15) is 0 Å². The molecule has 1 aliphatic rings. The Morgan fingerprint density at radius 2 is 0.744 bits per heavy atom. The molecule has 0 spiro atoms. The topological polar surface area (TPSA) is 18.5 Å². The van der Waals surface area contributed by atoms with Gasteiger partial charge in [-0.25, -0.2) is 0 Å². The molecule has 1 heterocycles. The molecule has 43 heavy (non-hydrogen) atoms. The summed E-state index contributed by atoms with van der Waals surface area (Å²) in [4.78, 5) is 0. The quantitative estimate of drug-likeness (QED) is 0.114. The molecule has 1 aliphatic heterocycles. The highest BCUT2D eigenvalue weighted by molar-refractivity contribution is 6.65. The zero-order valence-electron chi connectivity index (χ0n) is 24.9. The van der Waals surface area contributed by atoms with Gasteiger partial charge >= 0.3 is 7.12 Å². The van der Waals surface area contributed by atoms with Crippen LogP contribution in [-0.4, -0.2) is 18.3 Å². The minimum Gasteiger partial charge on any atom is -0.399 e. The van der Waals surface area contributed by atoms with Crippen LogP contribution in [0.5, 0.6) is 0 Å². The molecule has 8 aromatic rings. The molecule has 0 unspecified atom stereocenters. The van der Waals surface area contributed by atoms with E-state index in [1.165, 1.54) is 75.4 Å². The molecule has 1 saturated heterocycles. The van der Waals surface area contributed by atoms with Gasteiger partial charge in [-0.3, -0.25) is 0 Å². The summed E-state index contributed by atoms with van der Waals surface area (Å²) < 4.78 is 12.9. The molecular weight excluding hydrogens is 523 g/mol. The highest BCUT2D eigenvalue weighted by atomic mass is 16.7. The SMILES string of the molecule is CC1(C)OB(c2cccc3cc4cc5c(ccc6cc7cc8cc9ccccc9cc8cc7cc65)cc4cc23)OC1(C)C. The van der Waals surface area contributed by atoms with Crippen LogP contribution >= 0.6 is 0 Å². The van der Waals surface area contributed by atoms with Gasteiger partial charge in [0.15, 0.2) is 0 Å². The van der Waals surface area contributed by atoms with Crippen LogP contribution in [0.4, 0.5) is 0 Å². The van der Waals surface area contributed by atoms with Crippen molar-refractivity contribution in [2.45, 2.75) is 38.9 Å². The predicted molar refractivity (Wildman–Crippen MR) is 185 cm³/mol. The average Bonchev–Trinajstić information content (AvgIpc) is 3.21. The minimum atomic E-state index is -0.391. The number of benzene rings is 8. The molecule has 0 aliphatic carbocycles. The van der Waals surface area contributed by atoms with Gasteiger partial charge in [-0.1, -0.05) is 54.6 Å². The Balaban J connectivity index is 1.23. The van der Waals surface area contributed by atoms with Gasteiger partial charge < -0.3 is 9.31 Å². The maximum atomic E-state index is 6.45. The highest BCUT2D eigenvalue weighted by Crippen LogP contribution is 2.38. The van der Waals surface area contributed by atoms with Crippen molar-refractivity contribution in [2.24, 2.45) is 0 Å². The zero-order chi connectivity index (χ0) is 29.1. The first-order valence-electron chi connectivity index (χ1n) is 15.2. The molecule has 1 fully saturated rings. The molecule has 2 nitrogen and oxygen atoms in total. The van der Waals surface area contributed by atoms with E-state index in [1.807, 2.05) is 0 Å². The predicted octanol–water partition coefficient (Wildman–Crippen LogP) is 10.1. The molecule has 0 radical (unpaired) electrons. The summed E-state index contributed by atoms with van der Waals surface area (Å²) in [6.07, 6.45) is 0. The van der Waals surface area contributed by atoms with Crippen molar-refractivity contribution in [2.75, 3.05) is 0 Å². The standard InChI is InChI=1S/C40H31BO2/c1-39(2)40(3,4)43-41(42-39)38-11-7-10-26-16-32-21-35-28(18-33(32)23-37(26)38)13-12-27-17-31-19-29-14-24-8-5-6-9-25(24)15-30(29)20-34(31)22-36(27)35/h5-23H,1-4H3. The summed E-state index contributed by atoms with van der Waals surface area (Å²) in [7, 11) is -0.391. The van der Waals surface area contributed by atoms with E-state index in [4.69, 9.17) is 9.31 Å². The number of rotatable bonds is 1. The lowest BCUT2D eigenvalue weighted by Crippen LogP contribution is -2.41. The third-order valence-corrected chi connectivity index (χ3v) is 10.1. The van der Waals surface area contributed by atoms with Crippen LogP contribution in [-0.2, 0) is 9.31 Å². The van der Waals surface area contributed by atoms with E-state index in [1.54, 1.807) is 0 Å². The van der Waals surface area contributed by atoms with Crippen LogP contribution in [0.3, 0.4) is 0 Å². The van der Waals surface area contributed by atoms with E-state index in [9.17, 15) is 0 Å². The Morgan fingerprint density at radius 3 is 1.26 bits per heavy atom. The number of fused-ring (bicyclic) bond motifs is 8. The summed E-state index contributed by atoms with van der Waals surface area (Å²) in [5.41, 5.74) is 0.333. The zero-order valence-corrected chi connectivity index (χ0v) is 24.9. The van der Waals surface area contributed by atoms with Crippen molar-refractivity contribution in [3.8, 4) is 0 Å². The van der Waals surface area contributed by atoms with E-state index in [-0.39, 0.29) is 11.2 Å². The third-order valence-electron chi connectivity index (χ3n) is 10.1. The fraction of sp³-hybridized carbons (Fsp3) is 0.150. The lowest BCUT2D eigenvalue weighted by molar-refractivity contribution is 0.00578. The van der Waals surface area contributed by atoms with Crippen molar-refractivity contribution >= 4 is 88.0 Å². The van der Waals surface area contributed by atoms with Crippen LogP contribution in [0, 0.1) is 0 Å². The van der Waals surface area contributed by atoms with E-state index < -0.39 is 7.12 Å².